The summed E-state index contributed by atoms with van der Waals surface area (Å²) in [5, 5.41) is 7.07. The fourth-order valence-corrected chi connectivity index (χ4v) is 9.21. The second-order valence-corrected chi connectivity index (χ2v) is 15.3. The first kappa shape index (κ1) is 31.6. The van der Waals surface area contributed by atoms with Gasteiger partial charge in [-0.25, -0.2) is 0 Å². The molecule has 0 saturated heterocycles. The molecule has 0 fully saturated rings. The molecular formula is C53H37NO. The van der Waals surface area contributed by atoms with E-state index in [9.17, 15) is 0 Å². The molecule has 0 aliphatic heterocycles. The Hall–Kier alpha value is -6.90. The van der Waals surface area contributed by atoms with E-state index in [-0.39, 0.29) is 5.41 Å². The summed E-state index contributed by atoms with van der Waals surface area (Å²) in [5.41, 5.74) is 15.2. The molecule has 0 bridgehead atoms. The Morgan fingerprint density at radius 2 is 1.05 bits per heavy atom. The van der Waals surface area contributed by atoms with Crippen molar-refractivity contribution in [3.8, 4) is 33.4 Å². The van der Waals surface area contributed by atoms with E-state index >= 15 is 0 Å². The van der Waals surface area contributed by atoms with Gasteiger partial charge < -0.3 is 9.32 Å². The van der Waals surface area contributed by atoms with Crippen LogP contribution in [0.5, 0.6) is 0 Å². The number of para-hydroxylation sites is 2. The second-order valence-electron chi connectivity index (χ2n) is 15.3. The minimum absolute atomic E-state index is 0.0679. The van der Waals surface area contributed by atoms with E-state index in [4.69, 9.17) is 4.42 Å². The molecule has 0 saturated carbocycles. The lowest BCUT2D eigenvalue weighted by Gasteiger charge is -2.29. The Labute approximate surface area is 320 Å². The summed E-state index contributed by atoms with van der Waals surface area (Å²) in [5.74, 6) is 0. The molecule has 1 aliphatic rings. The number of hydrogen-bond acceptors (Lipinski definition) is 2. The first-order chi connectivity index (χ1) is 27.0. The van der Waals surface area contributed by atoms with Crippen LogP contribution in [0.2, 0.25) is 0 Å². The van der Waals surface area contributed by atoms with Crippen LogP contribution < -0.4 is 4.90 Å². The Morgan fingerprint density at radius 1 is 0.418 bits per heavy atom. The maximum Gasteiger partial charge on any atom is 0.143 e. The summed E-state index contributed by atoms with van der Waals surface area (Å²) in [7, 11) is 0. The molecule has 0 amide bonds. The van der Waals surface area contributed by atoms with Crippen molar-refractivity contribution in [1.29, 1.82) is 0 Å². The van der Waals surface area contributed by atoms with E-state index in [1.54, 1.807) is 0 Å². The van der Waals surface area contributed by atoms with Crippen molar-refractivity contribution >= 4 is 60.5 Å². The van der Waals surface area contributed by atoms with Crippen LogP contribution >= 0.6 is 0 Å². The lowest BCUT2D eigenvalue weighted by atomic mass is 9.82. The molecule has 2 heteroatoms. The van der Waals surface area contributed by atoms with Crippen molar-refractivity contribution in [2.45, 2.75) is 19.3 Å². The third-order valence-electron chi connectivity index (χ3n) is 11.9. The zero-order valence-corrected chi connectivity index (χ0v) is 30.8. The van der Waals surface area contributed by atoms with E-state index in [0.29, 0.717) is 0 Å². The van der Waals surface area contributed by atoms with Gasteiger partial charge in [0.2, 0.25) is 0 Å². The number of hydrogen-bond donors (Lipinski definition) is 0. The van der Waals surface area contributed by atoms with Gasteiger partial charge in [0.1, 0.15) is 11.2 Å². The van der Waals surface area contributed by atoms with E-state index in [1.165, 1.54) is 49.5 Å². The molecule has 1 aromatic heterocycles. The Balaban J connectivity index is 1.11. The molecule has 9 aromatic carbocycles. The number of anilines is 3. The van der Waals surface area contributed by atoms with E-state index in [2.05, 4.69) is 201 Å². The molecule has 55 heavy (non-hydrogen) atoms. The topological polar surface area (TPSA) is 16.4 Å². The maximum absolute atomic E-state index is 6.56. The van der Waals surface area contributed by atoms with Crippen molar-refractivity contribution in [3.63, 3.8) is 0 Å². The summed E-state index contributed by atoms with van der Waals surface area (Å²) < 4.78 is 6.56. The molecule has 1 heterocycles. The monoisotopic (exact) mass is 703 g/mol. The quantitative estimate of drug-likeness (QED) is 0.177. The minimum atomic E-state index is -0.0679. The van der Waals surface area contributed by atoms with Gasteiger partial charge in [-0.3, -0.25) is 0 Å². The number of furan rings is 1. The lowest BCUT2D eigenvalue weighted by Crippen LogP contribution is -2.15. The Kier molecular flexibility index (Phi) is 6.93. The van der Waals surface area contributed by atoms with Crippen LogP contribution in [0.1, 0.15) is 25.0 Å². The fourth-order valence-electron chi connectivity index (χ4n) is 9.21. The van der Waals surface area contributed by atoms with Crippen molar-refractivity contribution in [2.75, 3.05) is 4.90 Å². The Bertz CT molecular complexity index is 3120. The zero-order chi connectivity index (χ0) is 36.7. The highest BCUT2D eigenvalue weighted by atomic mass is 16.3. The van der Waals surface area contributed by atoms with Crippen LogP contribution in [0, 0.1) is 0 Å². The van der Waals surface area contributed by atoms with Crippen LogP contribution in [-0.4, -0.2) is 0 Å². The summed E-state index contributed by atoms with van der Waals surface area (Å²) in [6.45, 7) is 4.69. The summed E-state index contributed by atoms with van der Waals surface area (Å²) >= 11 is 0. The summed E-state index contributed by atoms with van der Waals surface area (Å²) in [6.07, 6.45) is 0. The predicted octanol–water partition coefficient (Wildman–Crippen LogP) is 15.0. The maximum atomic E-state index is 6.56. The number of fused-ring (bicyclic) bond motifs is 9. The zero-order valence-electron chi connectivity index (χ0n) is 30.8. The highest BCUT2D eigenvalue weighted by Crippen LogP contribution is 2.51. The first-order valence-electron chi connectivity index (χ1n) is 19.1. The lowest BCUT2D eigenvalue weighted by molar-refractivity contribution is 0.660. The van der Waals surface area contributed by atoms with Crippen LogP contribution in [0.3, 0.4) is 0 Å². The SMILES string of the molecule is CC1(C)c2ccccc2-c2cc(N(c3ccc(-c4cccc5ccc6c7ccccc7oc6c45)cc3)c3ccccc3-c3cccc4ccccc34)ccc21. The molecule has 11 rings (SSSR count). The third-order valence-corrected chi connectivity index (χ3v) is 11.9. The van der Waals surface area contributed by atoms with Crippen molar-refractivity contribution in [2.24, 2.45) is 0 Å². The number of nitrogens with zero attached hydrogens (tertiary/aromatic N) is 1. The average Bonchev–Trinajstić information content (AvgIpc) is 3.73. The third kappa shape index (κ3) is 4.81. The highest BCUT2D eigenvalue weighted by Gasteiger charge is 2.35. The summed E-state index contributed by atoms with van der Waals surface area (Å²) in [6, 6.07) is 68.5. The van der Waals surface area contributed by atoms with Crippen LogP contribution in [0.15, 0.2) is 192 Å². The average molecular weight is 704 g/mol. The molecule has 2 nitrogen and oxygen atoms in total. The van der Waals surface area contributed by atoms with Crippen LogP contribution in [0.25, 0.3) is 76.9 Å². The smallest absolute Gasteiger partial charge is 0.143 e. The van der Waals surface area contributed by atoms with E-state index in [0.717, 1.165) is 55.5 Å². The van der Waals surface area contributed by atoms with Gasteiger partial charge in [0, 0.05) is 38.5 Å². The van der Waals surface area contributed by atoms with Crippen molar-refractivity contribution in [1.82, 2.24) is 0 Å². The molecule has 0 N–H and O–H groups in total. The second kappa shape index (κ2) is 12.1. The predicted molar refractivity (Wildman–Crippen MR) is 232 cm³/mol. The first-order valence-corrected chi connectivity index (χ1v) is 19.1. The molecule has 10 aromatic rings. The van der Waals surface area contributed by atoms with Gasteiger partial charge in [0.15, 0.2) is 0 Å². The largest absolute Gasteiger partial charge is 0.455 e. The van der Waals surface area contributed by atoms with Gasteiger partial charge in [-0.05, 0) is 97.6 Å². The summed E-state index contributed by atoms with van der Waals surface area (Å²) in [4.78, 5) is 2.44. The van der Waals surface area contributed by atoms with Gasteiger partial charge in [0.25, 0.3) is 0 Å². The fraction of sp³-hybridized carbons (Fsp3) is 0.0566. The van der Waals surface area contributed by atoms with E-state index < -0.39 is 0 Å². The molecule has 0 spiro atoms. The standard InChI is InChI=1S/C53H37NO/c1-53(2)47-22-8-5-17-42(47)46-33-38(30-32-48(46)53)54(49-23-9-6-18-43(49)41-21-11-14-34-13-3-4-16-39(34)41)37-28-25-35(26-29-37)40-20-12-15-36-27-31-45-44-19-7-10-24-50(44)55-52(45)51(36)40/h3-33H,1-2H3. The molecule has 0 unspecified atom stereocenters. The molecule has 1 aliphatic carbocycles. The normalized spacial score (nSPS) is 13.1. The number of rotatable bonds is 5. The minimum Gasteiger partial charge on any atom is -0.455 e. The van der Waals surface area contributed by atoms with Crippen molar-refractivity contribution < 1.29 is 4.42 Å². The van der Waals surface area contributed by atoms with Gasteiger partial charge in [-0.2, -0.15) is 0 Å². The molecule has 0 radical (unpaired) electrons. The van der Waals surface area contributed by atoms with Gasteiger partial charge in [-0.15, -0.1) is 0 Å². The van der Waals surface area contributed by atoms with Gasteiger partial charge in [0.05, 0.1) is 5.69 Å². The van der Waals surface area contributed by atoms with Crippen LogP contribution in [-0.2, 0) is 5.41 Å². The van der Waals surface area contributed by atoms with Gasteiger partial charge in [-0.1, -0.05) is 159 Å². The van der Waals surface area contributed by atoms with E-state index in [1.807, 2.05) is 6.07 Å². The molecular weight excluding hydrogens is 667 g/mol. The van der Waals surface area contributed by atoms with Crippen molar-refractivity contribution in [3.05, 3.63) is 199 Å². The van der Waals surface area contributed by atoms with Gasteiger partial charge >= 0.3 is 0 Å². The van der Waals surface area contributed by atoms with Crippen LogP contribution in [0.4, 0.5) is 17.1 Å². The molecule has 0 atom stereocenters. The molecule has 260 valence electrons. The Morgan fingerprint density at radius 3 is 1.93 bits per heavy atom. The number of benzene rings is 9. The highest BCUT2D eigenvalue weighted by molar-refractivity contribution is 6.19.